The van der Waals surface area contributed by atoms with Crippen LogP contribution in [0, 0.1) is 5.92 Å². The largest absolute Gasteiger partial charge is 0.497 e. The van der Waals surface area contributed by atoms with E-state index in [4.69, 9.17) is 9.47 Å². The number of methoxy groups -OCH3 is 1. The van der Waals surface area contributed by atoms with Crippen molar-refractivity contribution in [2.45, 2.75) is 39.7 Å². The molecule has 0 unspecified atom stereocenters. The molecule has 0 heterocycles. The third kappa shape index (κ3) is 6.61. The summed E-state index contributed by atoms with van der Waals surface area (Å²) in [7, 11) is 1.61. The number of carbonyl (C=O) groups excluding carboxylic acids is 2. The molecule has 1 aromatic rings. The highest BCUT2D eigenvalue weighted by Crippen LogP contribution is 2.13. The first-order valence-electron chi connectivity index (χ1n) is 7.52. The Morgan fingerprint density at radius 2 is 1.77 bits per heavy atom. The van der Waals surface area contributed by atoms with Crippen molar-refractivity contribution < 1.29 is 19.1 Å². The third-order valence-electron chi connectivity index (χ3n) is 3.14. The summed E-state index contributed by atoms with van der Waals surface area (Å²) in [6.07, 6.45) is 0.0548. The molecule has 122 valence electrons. The molecule has 0 fully saturated rings. The minimum absolute atomic E-state index is 0.244. The van der Waals surface area contributed by atoms with Gasteiger partial charge < -0.3 is 14.8 Å². The monoisotopic (exact) mass is 307 g/mol. The molecule has 0 saturated carbocycles. The molecule has 1 amide bonds. The standard InChI is InChI=1S/C17H25NO4/c1-12(2)11-18-17(20)13(3)22-16(19)10-7-14-5-8-15(21-4)9-6-14/h5-6,8-9,12-13H,7,10-11H2,1-4H3,(H,18,20)/t13-/m0/s1. The number of nitrogens with one attached hydrogen (secondary N) is 1. The number of hydrogen-bond acceptors (Lipinski definition) is 4. The Morgan fingerprint density at radius 3 is 2.32 bits per heavy atom. The van der Waals surface area contributed by atoms with Crippen LogP contribution in [-0.4, -0.2) is 31.6 Å². The second-order valence-electron chi connectivity index (χ2n) is 5.62. The van der Waals surface area contributed by atoms with Gasteiger partial charge in [-0.3, -0.25) is 9.59 Å². The minimum Gasteiger partial charge on any atom is -0.497 e. The number of hydrogen-bond donors (Lipinski definition) is 1. The van der Waals surface area contributed by atoms with Crippen LogP contribution in [0.25, 0.3) is 0 Å². The van der Waals surface area contributed by atoms with Crippen molar-refractivity contribution in [3.8, 4) is 5.75 Å². The number of rotatable bonds is 8. The van der Waals surface area contributed by atoms with E-state index in [2.05, 4.69) is 5.32 Å². The van der Waals surface area contributed by atoms with E-state index in [1.54, 1.807) is 14.0 Å². The SMILES string of the molecule is COc1ccc(CCC(=O)O[C@@H](C)C(=O)NCC(C)C)cc1. The molecule has 1 N–H and O–H groups in total. The lowest BCUT2D eigenvalue weighted by molar-refractivity contribution is -0.154. The van der Waals surface area contributed by atoms with Crippen LogP contribution in [0.5, 0.6) is 5.75 Å². The predicted molar refractivity (Wildman–Crippen MR) is 84.7 cm³/mol. The summed E-state index contributed by atoms with van der Waals surface area (Å²) in [5.74, 6) is 0.512. The highest BCUT2D eigenvalue weighted by molar-refractivity contribution is 5.83. The van der Waals surface area contributed by atoms with Crippen molar-refractivity contribution in [3.05, 3.63) is 29.8 Å². The maximum Gasteiger partial charge on any atom is 0.306 e. The lowest BCUT2D eigenvalue weighted by Gasteiger charge is -2.14. The molecule has 0 aliphatic rings. The fraction of sp³-hybridized carbons (Fsp3) is 0.529. The van der Waals surface area contributed by atoms with Gasteiger partial charge in [0.05, 0.1) is 7.11 Å². The van der Waals surface area contributed by atoms with Gasteiger partial charge in [-0.25, -0.2) is 0 Å². The Labute approximate surface area is 132 Å². The molecule has 1 atom stereocenters. The molecular weight excluding hydrogens is 282 g/mol. The van der Waals surface area contributed by atoms with Gasteiger partial charge in [-0.2, -0.15) is 0 Å². The Morgan fingerprint density at radius 1 is 1.14 bits per heavy atom. The van der Waals surface area contributed by atoms with E-state index in [0.717, 1.165) is 11.3 Å². The number of aryl methyl sites for hydroxylation is 1. The number of ether oxygens (including phenoxy) is 2. The first-order valence-corrected chi connectivity index (χ1v) is 7.52. The lowest BCUT2D eigenvalue weighted by Crippen LogP contribution is -2.37. The van der Waals surface area contributed by atoms with Gasteiger partial charge >= 0.3 is 5.97 Å². The van der Waals surface area contributed by atoms with E-state index in [-0.39, 0.29) is 18.3 Å². The van der Waals surface area contributed by atoms with Gasteiger partial charge in [0, 0.05) is 13.0 Å². The van der Waals surface area contributed by atoms with Crippen molar-refractivity contribution in [1.29, 1.82) is 0 Å². The van der Waals surface area contributed by atoms with Crippen molar-refractivity contribution in [2.24, 2.45) is 5.92 Å². The molecular formula is C17H25NO4. The first kappa shape index (κ1) is 18.0. The summed E-state index contributed by atoms with van der Waals surface area (Å²) in [4.78, 5) is 23.5. The number of carbonyl (C=O) groups is 2. The zero-order chi connectivity index (χ0) is 16.5. The van der Waals surface area contributed by atoms with Crippen LogP contribution >= 0.6 is 0 Å². The molecule has 1 aromatic carbocycles. The highest BCUT2D eigenvalue weighted by Gasteiger charge is 2.17. The van der Waals surface area contributed by atoms with E-state index in [0.29, 0.717) is 18.9 Å². The molecule has 0 aliphatic heterocycles. The van der Waals surface area contributed by atoms with Gasteiger partial charge in [0.15, 0.2) is 6.10 Å². The van der Waals surface area contributed by atoms with Gasteiger partial charge in [0.2, 0.25) is 0 Å². The molecule has 1 rings (SSSR count). The van der Waals surface area contributed by atoms with Crippen LogP contribution in [0.3, 0.4) is 0 Å². The summed E-state index contributed by atoms with van der Waals surface area (Å²) in [6.45, 7) is 6.17. The normalized spacial score (nSPS) is 11.9. The Bertz CT molecular complexity index is 482. The Hall–Kier alpha value is -2.04. The molecule has 5 nitrogen and oxygen atoms in total. The summed E-state index contributed by atoms with van der Waals surface area (Å²) in [6, 6.07) is 7.51. The highest BCUT2D eigenvalue weighted by atomic mass is 16.5. The number of esters is 1. The summed E-state index contributed by atoms with van der Waals surface area (Å²) < 4.78 is 10.2. The van der Waals surface area contributed by atoms with Crippen LogP contribution in [-0.2, 0) is 20.7 Å². The topological polar surface area (TPSA) is 64.6 Å². The average Bonchev–Trinajstić information content (AvgIpc) is 2.50. The van der Waals surface area contributed by atoms with E-state index in [1.165, 1.54) is 0 Å². The first-order chi connectivity index (χ1) is 10.4. The van der Waals surface area contributed by atoms with Crippen LogP contribution in [0.4, 0.5) is 0 Å². The molecule has 0 bridgehead atoms. The summed E-state index contributed by atoms with van der Waals surface area (Å²) >= 11 is 0. The van der Waals surface area contributed by atoms with E-state index in [1.807, 2.05) is 38.1 Å². The van der Waals surface area contributed by atoms with Crippen molar-refractivity contribution >= 4 is 11.9 Å². The summed E-state index contributed by atoms with van der Waals surface area (Å²) in [5.41, 5.74) is 1.02. The average molecular weight is 307 g/mol. The maximum absolute atomic E-state index is 11.8. The molecule has 0 spiro atoms. The molecule has 0 aliphatic carbocycles. The van der Waals surface area contributed by atoms with E-state index < -0.39 is 6.10 Å². The van der Waals surface area contributed by atoms with Crippen molar-refractivity contribution in [3.63, 3.8) is 0 Å². The van der Waals surface area contributed by atoms with Gasteiger partial charge in [0.1, 0.15) is 5.75 Å². The molecule has 0 saturated heterocycles. The Kier molecular flexibility index (Phi) is 7.43. The van der Waals surface area contributed by atoms with E-state index in [9.17, 15) is 9.59 Å². The maximum atomic E-state index is 11.8. The zero-order valence-corrected chi connectivity index (χ0v) is 13.7. The third-order valence-corrected chi connectivity index (χ3v) is 3.14. The zero-order valence-electron chi connectivity index (χ0n) is 13.7. The van der Waals surface area contributed by atoms with Crippen LogP contribution in [0.15, 0.2) is 24.3 Å². The summed E-state index contributed by atoms with van der Waals surface area (Å²) in [5, 5.41) is 2.74. The Balaban J connectivity index is 2.34. The lowest BCUT2D eigenvalue weighted by atomic mass is 10.1. The molecule has 5 heteroatoms. The fourth-order valence-electron chi connectivity index (χ4n) is 1.80. The van der Waals surface area contributed by atoms with Gasteiger partial charge in [-0.1, -0.05) is 26.0 Å². The predicted octanol–water partition coefficient (Wildman–Crippen LogP) is 2.33. The molecule has 0 aromatic heterocycles. The smallest absolute Gasteiger partial charge is 0.306 e. The van der Waals surface area contributed by atoms with Crippen LogP contribution in [0.2, 0.25) is 0 Å². The quantitative estimate of drug-likeness (QED) is 0.749. The van der Waals surface area contributed by atoms with Gasteiger partial charge in [-0.05, 0) is 37.0 Å². The second kappa shape index (κ2) is 9.07. The number of benzene rings is 1. The minimum atomic E-state index is -0.762. The fourth-order valence-corrected chi connectivity index (χ4v) is 1.80. The van der Waals surface area contributed by atoms with E-state index >= 15 is 0 Å². The van der Waals surface area contributed by atoms with Crippen molar-refractivity contribution in [2.75, 3.05) is 13.7 Å². The van der Waals surface area contributed by atoms with Crippen LogP contribution in [0.1, 0.15) is 32.8 Å². The molecule has 22 heavy (non-hydrogen) atoms. The molecule has 0 radical (unpaired) electrons. The second-order valence-corrected chi connectivity index (χ2v) is 5.62. The van der Waals surface area contributed by atoms with Gasteiger partial charge in [0.25, 0.3) is 5.91 Å². The van der Waals surface area contributed by atoms with Crippen LogP contribution < -0.4 is 10.1 Å². The number of amides is 1. The van der Waals surface area contributed by atoms with Crippen molar-refractivity contribution in [1.82, 2.24) is 5.32 Å². The van der Waals surface area contributed by atoms with Gasteiger partial charge in [-0.15, -0.1) is 0 Å².